The van der Waals surface area contributed by atoms with Gasteiger partial charge in [-0.25, -0.2) is 8.42 Å². The molecule has 0 aromatic heterocycles. The van der Waals surface area contributed by atoms with Crippen molar-refractivity contribution in [3.8, 4) is 0 Å². The Morgan fingerprint density at radius 3 is 2.26 bits per heavy atom. The van der Waals surface area contributed by atoms with E-state index in [2.05, 4.69) is 4.72 Å². The molecule has 0 bridgehead atoms. The number of hydrogen-bond acceptors (Lipinski definition) is 5. The average Bonchev–Trinajstić information content (AvgIpc) is 2.68. The Kier molecular flexibility index (Phi) is 5.00. The maximum absolute atomic E-state index is 12.7. The van der Waals surface area contributed by atoms with Crippen LogP contribution < -0.4 is 4.72 Å². The molecule has 27 heavy (non-hydrogen) atoms. The quantitative estimate of drug-likeness (QED) is 0.398. The number of nitro groups is 1. The summed E-state index contributed by atoms with van der Waals surface area (Å²) in [6.07, 6.45) is 0. The molecule has 0 unspecified atom stereocenters. The van der Waals surface area contributed by atoms with Crippen molar-refractivity contribution in [2.75, 3.05) is 4.72 Å². The molecule has 0 heterocycles. The lowest BCUT2D eigenvalue weighted by Gasteiger charge is -2.12. The monoisotopic (exact) mass is 382 g/mol. The number of para-hydroxylation sites is 1. The summed E-state index contributed by atoms with van der Waals surface area (Å²) in [5.74, 6) is -0.340. The summed E-state index contributed by atoms with van der Waals surface area (Å²) in [7, 11) is -4.11. The second-order valence-corrected chi connectivity index (χ2v) is 7.28. The molecule has 0 aliphatic carbocycles. The molecule has 0 spiro atoms. The fourth-order valence-corrected chi connectivity index (χ4v) is 3.60. The number of nitrogens with zero attached hydrogens (tertiary/aromatic N) is 1. The number of benzene rings is 3. The molecule has 136 valence electrons. The maximum Gasteiger partial charge on any atom is 0.270 e. The van der Waals surface area contributed by atoms with Gasteiger partial charge in [0.15, 0.2) is 5.78 Å². The molecule has 0 fully saturated rings. The van der Waals surface area contributed by atoms with Crippen LogP contribution in [0, 0.1) is 10.1 Å². The van der Waals surface area contributed by atoms with Crippen LogP contribution in [-0.4, -0.2) is 19.1 Å². The van der Waals surface area contributed by atoms with Crippen molar-refractivity contribution in [1.82, 2.24) is 0 Å². The molecule has 0 saturated carbocycles. The van der Waals surface area contributed by atoms with Crippen molar-refractivity contribution in [2.24, 2.45) is 0 Å². The standard InChI is InChI=1S/C19H14N2O5S/c22-19(14-7-2-1-3-8-14)17-11-4-5-12-18(17)20-27(25,26)16-10-6-9-15(13-16)21(23)24/h1-13,20H. The SMILES string of the molecule is O=C(c1ccccc1)c1ccccc1NS(=O)(=O)c1cccc([N+](=O)[O-])c1. The fraction of sp³-hybridized carbons (Fsp3) is 0. The predicted octanol–water partition coefficient (Wildman–Crippen LogP) is 3.63. The molecule has 3 aromatic rings. The molecule has 0 saturated heterocycles. The van der Waals surface area contributed by atoms with E-state index in [0.717, 1.165) is 6.07 Å². The van der Waals surface area contributed by atoms with Gasteiger partial charge in [-0.05, 0) is 18.2 Å². The van der Waals surface area contributed by atoms with E-state index >= 15 is 0 Å². The normalized spacial score (nSPS) is 11.0. The van der Waals surface area contributed by atoms with Gasteiger partial charge in [0.1, 0.15) is 0 Å². The summed E-state index contributed by atoms with van der Waals surface area (Å²) in [5.41, 5.74) is 0.349. The zero-order chi connectivity index (χ0) is 19.4. The lowest BCUT2D eigenvalue weighted by molar-refractivity contribution is -0.385. The first-order valence-corrected chi connectivity index (χ1v) is 9.33. The summed E-state index contributed by atoms with van der Waals surface area (Å²) in [5, 5.41) is 10.9. The minimum absolute atomic E-state index is 0.0952. The van der Waals surface area contributed by atoms with Crippen LogP contribution in [-0.2, 0) is 10.0 Å². The minimum atomic E-state index is -4.11. The van der Waals surface area contributed by atoms with Crippen LogP contribution in [0.1, 0.15) is 15.9 Å². The van der Waals surface area contributed by atoms with Crippen LogP contribution in [0.5, 0.6) is 0 Å². The van der Waals surface area contributed by atoms with Crippen molar-refractivity contribution in [3.63, 3.8) is 0 Å². The molecule has 3 rings (SSSR count). The Bertz CT molecular complexity index is 1110. The number of hydrogen-bond donors (Lipinski definition) is 1. The third-order valence-electron chi connectivity index (χ3n) is 3.79. The second kappa shape index (κ2) is 7.38. The van der Waals surface area contributed by atoms with Crippen molar-refractivity contribution in [3.05, 3.63) is 100 Å². The third kappa shape index (κ3) is 4.01. The first kappa shape index (κ1) is 18.3. The Labute approximate surface area is 155 Å². The fourth-order valence-electron chi connectivity index (χ4n) is 2.48. The topological polar surface area (TPSA) is 106 Å². The van der Waals surface area contributed by atoms with Gasteiger partial charge in [-0.2, -0.15) is 0 Å². The number of anilines is 1. The Morgan fingerprint density at radius 2 is 1.56 bits per heavy atom. The minimum Gasteiger partial charge on any atom is -0.289 e. The number of sulfonamides is 1. The summed E-state index contributed by atoms with van der Waals surface area (Å²) in [6, 6.07) is 19.4. The number of nitrogens with one attached hydrogen (secondary N) is 1. The first-order valence-electron chi connectivity index (χ1n) is 7.84. The van der Waals surface area contributed by atoms with Crippen LogP contribution >= 0.6 is 0 Å². The smallest absolute Gasteiger partial charge is 0.270 e. The van der Waals surface area contributed by atoms with Crippen molar-refractivity contribution < 1.29 is 18.1 Å². The van der Waals surface area contributed by atoms with Gasteiger partial charge in [0.05, 0.1) is 15.5 Å². The number of nitro benzene ring substituents is 1. The molecule has 1 N–H and O–H groups in total. The van der Waals surface area contributed by atoms with Gasteiger partial charge < -0.3 is 0 Å². The van der Waals surface area contributed by atoms with Crippen LogP contribution in [0.4, 0.5) is 11.4 Å². The molecular weight excluding hydrogens is 368 g/mol. The Hall–Kier alpha value is -3.52. The molecular formula is C19H14N2O5S. The van der Waals surface area contributed by atoms with E-state index in [4.69, 9.17) is 0 Å². The largest absolute Gasteiger partial charge is 0.289 e. The van der Waals surface area contributed by atoms with Crippen molar-refractivity contribution in [1.29, 1.82) is 0 Å². The highest BCUT2D eigenvalue weighted by atomic mass is 32.2. The van der Waals surface area contributed by atoms with Crippen molar-refractivity contribution >= 4 is 27.2 Å². The van der Waals surface area contributed by atoms with E-state index in [-0.39, 0.29) is 27.6 Å². The van der Waals surface area contributed by atoms with Crippen LogP contribution in [0.15, 0.2) is 83.8 Å². The van der Waals surface area contributed by atoms with Gasteiger partial charge in [-0.3, -0.25) is 19.6 Å². The zero-order valence-corrected chi connectivity index (χ0v) is 14.7. The van der Waals surface area contributed by atoms with E-state index < -0.39 is 14.9 Å². The van der Waals surface area contributed by atoms with Gasteiger partial charge in [-0.15, -0.1) is 0 Å². The highest BCUT2D eigenvalue weighted by Gasteiger charge is 2.21. The van der Waals surface area contributed by atoms with Crippen molar-refractivity contribution in [2.45, 2.75) is 4.90 Å². The van der Waals surface area contributed by atoms with E-state index in [0.29, 0.717) is 5.56 Å². The molecule has 0 atom stereocenters. The summed E-state index contributed by atoms with van der Waals surface area (Å²) >= 11 is 0. The molecule has 0 aliphatic heterocycles. The second-order valence-electron chi connectivity index (χ2n) is 5.60. The molecule has 0 aliphatic rings. The van der Waals surface area contributed by atoms with E-state index in [1.54, 1.807) is 42.5 Å². The van der Waals surface area contributed by atoms with Crippen LogP contribution in [0.25, 0.3) is 0 Å². The maximum atomic E-state index is 12.7. The summed E-state index contributed by atoms with van der Waals surface area (Å²) < 4.78 is 27.6. The van der Waals surface area contributed by atoms with Gasteiger partial charge in [0.2, 0.25) is 0 Å². The van der Waals surface area contributed by atoms with Crippen LogP contribution in [0.3, 0.4) is 0 Å². The number of carbonyl (C=O) groups excluding carboxylic acids is 1. The van der Waals surface area contributed by atoms with Gasteiger partial charge in [0, 0.05) is 23.3 Å². The van der Waals surface area contributed by atoms with E-state index in [1.807, 2.05) is 0 Å². The van der Waals surface area contributed by atoms with Gasteiger partial charge in [-0.1, -0.05) is 48.5 Å². The number of ketones is 1. The highest BCUT2D eigenvalue weighted by Crippen LogP contribution is 2.24. The summed E-state index contributed by atoms with van der Waals surface area (Å²) in [6.45, 7) is 0. The highest BCUT2D eigenvalue weighted by molar-refractivity contribution is 7.92. The van der Waals surface area contributed by atoms with Gasteiger partial charge in [0.25, 0.3) is 15.7 Å². The van der Waals surface area contributed by atoms with E-state index in [1.165, 1.54) is 30.3 Å². The van der Waals surface area contributed by atoms with E-state index in [9.17, 15) is 23.3 Å². The average molecular weight is 382 g/mol. The molecule has 8 heteroatoms. The first-order chi connectivity index (χ1) is 12.9. The Morgan fingerprint density at radius 1 is 0.889 bits per heavy atom. The number of carbonyl (C=O) groups is 1. The van der Waals surface area contributed by atoms with Gasteiger partial charge >= 0.3 is 0 Å². The molecule has 3 aromatic carbocycles. The molecule has 0 amide bonds. The molecule has 0 radical (unpaired) electrons. The summed E-state index contributed by atoms with van der Waals surface area (Å²) in [4.78, 5) is 22.7. The van der Waals surface area contributed by atoms with Crippen LogP contribution in [0.2, 0.25) is 0 Å². The lowest BCUT2D eigenvalue weighted by Crippen LogP contribution is -2.16. The third-order valence-corrected chi connectivity index (χ3v) is 5.15. The molecule has 7 nitrogen and oxygen atoms in total. The Balaban J connectivity index is 1.98. The predicted molar refractivity (Wildman–Crippen MR) is 100 cm³/mol. The lowest BCUT2D eigenvalue weighted by atomic mass is 10.0. The number of rotatable bonds is 6. The zero-order valence-electron chi connectivity index (χ0n) is 13.9. The number of non-ortho nitro benzene ring substituents is 1.